The molecule has 0 spiro atoms. The van der Waals surface area contributed by atoms with E-state index in [2.05, 4.69) is 40.6 Å². The molecule has 76 valence electrons. The average molecular weight is 198 g/mol. The summed E-state index contributed by atoms with van der Waals surface area (Å²) in [5.74, 6) is 0. The molecule has 1 fully saturated rings. The van der Waals surface area contributed by atoms with E-state index in [1.165, 1.54) is 29.3 Å². The van der Waals surface area contributed by atoms with Gasteiger partial charge in [0.1, 0.15) is 0 Å². The third-order valence-electron chi connectivity index (χ3n) is 3.07. The zero-order valence-electron chi connectivity index (χ0n) is 8.61. The Hall–Kier alpha value is -1.41. The van der Waals surface area contributed by atoms with Gasteiger partial charge in [0, 0.05) is 17.6 Å². The van der Waals surface area contributed by atoms with Crippen LogP contribution in [0.2, 0.25) is 0 Å². The topological polar surface area (TPSA) is 24.9 Å². The maximum absolute atomic E-state index is 4.53. The second-order valence-corrected chi connectivity index (χ2v) is 4.11. The summed E-state index contributed by atoms with van der Waals surface area (Å²) in [7, 11) is 0. The maximum atomic E-state index is 4.53. The fraction of sp³-hybridized carbons (Fsp3) is 0.308. The lowest BCUT2D eigenvalue weighted by Crippen LogP contribution is -2.13. The number of pyridine rings is 1. The molecule has 1 N–H and O–H groups in total. The lowest BCUT2D eigenvalue weighted by Gasteiger charge is -2.09. The number of benzene rings is 1. The van der Waals surface area contributed by atoms with Crippen LogP contribution in [-0.2, 0) is 0 Å². The number of rotatable bonds is 1. The molecule has 1 saturated heterocycles. The molecule has 1 aliphatic heterocycles. The third-order valence-corrected chi connectivity index (χ3v) is 3.07. The molecule has 2 heteroatoms. The molecule has 0 aliphatic carbocycles. The minimum Gasteiger partial charge on any atom is -0.309 e. The summed E-state index contributed by atoms with van der Waals surface area (Å²) in [5.41, 5.74) is 1.19. The van der Waals surface area contributed by atoms with Gasteiger partial charge in [0.05, 0.1) is 5.69 Å². The van der Waals surface area contributed by atoms with Gasteiger partial charge in [-0.15, -0.1) is 0 Å². The Balaban J connectivity index is 2.05. The summed E-state index contributed by atoms with van der Waals surface area (Å²) in [6.07, 6.45) is 4.45. The van der Waals surface area contributed by atoms with Crippen molar-refractivity contribution in [2.45, 2.75) is 18.9 Å². The monoisotopic (exact) mass is 198 g/mol. The molecule has 1 unspecified atom stereocenters. The standard InChI is InChI=1S/C13H14N2/c1-2-5-11-9-15-13(8-10(11)4-1)12-6-3-7-14-12/h1-2,4-5,8-9,12,14H,3,6-7H2. The van der Waals surface area contributed by atoms with Crippen LogP contribution in [0.15, 0.2) is 36.5 Å². The fourth-order valence-electron chi connectivity index (χ4n) is 2.23. The molecule has 1 atom stereocenters. The lowest BCUT2D eigenvalue weighted by atomic mass is 10.1. The first-order chi connectivity index (χ1) is 7.43. The Kier molecular flexibility index (Phi) is 2.14. The van der Waals surface area contributed by atoms with E-state index in [9.17, 15) is 0 Å². The van der Waals surface area contributed by atoms with Gasteiger partial charge < -0.3 is 5.32 Å². The highest BCUT2D eigenvalue weighted by atomic mass is 15.0. The zero-order chi connectivity index (χ0) is 10.1. The minimum atomic E-state index is 0.467. The number of hydrogen-bond acceptors (Lipinski definition) is 2. The normalized spacial score (nSPS) is 20.9. The number of nitrogens with zero attached hydrogens (tertiary/aromatic N) is 1. The highest BCUT2D eigenvalue weighted by Crippen LogP contribution is 2.23. The van der Waals surface area contributed by atoms with E-state index in [1.807, 2.05) is 6.20 Å². The van der Waals surface area contributed by atoms with Crippen LogP contribution in [0.25, 0.3) is 10.8 Å². The predicted molar refractivity (Wildman–Crippen MR) is 61.7 cm³/mol. The van der Waals surface area contributed by atoms with Gasteiger partial charge >= 0.3 is 0 Å². The average Bonchev–Trinajstić information content (AvgIpc) is 2.82. The Labute approximate surface area is 89.3 Å². The van der Waals surface area contributed by atoms with Crippen molar-refractivity contribution in [1.82, 2.24) is 10.3 Å². The van der Waals surface area contributed by atoms with Crippen molar-refractivity contribution in [3.05, 3.63) is 42.2 Å². The summed E-state index contributed by atoms with van der Waals surface area (Å²) >= 11 is 0. The minimum absolute atomic E-state index is 0.467. The molecule has 0 amide bonds. The van der Waals surface area contributed by atoms with Crippen molar-refractivity contribution in [3.8, 4) is 0 Å². The van der Waals surface area contributed by atoms with Crippen LogP contribution in [0.1, 0.15) is 24.6 Å². The number of nitrogens with one attached hydrogen (secondary N) is 1. The number of fused-ring (bicyclic) bond motifs is 1. The summed E-state index contributed by atoms with van der Waals surface area (Å²) in [6.45, 7) is 1.12. The van der Waals surface area contributed by atoms with Crippen LogP contribution in [0.4, 0.5) is 0 Å². The van der Waals surface area contributed by atoms with Crippen LogP contribution in [0.3, 0.4) is 0 Å². The molecule has 2 aromatic rings. The van der Waals surface area contributed by atoms with E-state index in [4.69, 9.17) is 0 Å². The smallest absolute Gasteiger partial charge is 0.0579 e. The van der Waals surface area contributed by atoms with E-state index < -0.39 is 0 Å². The first kappa shape index (κ1) is 8.86. The summed E-state index contributed by atoms with van der Waals surface area (Å²) in [4.78, 5) is 4.53. The van der Waals surface area contributed by atoms with Crippen molar-refractivity contribution in [1.29, 1.82) is 0 Å². The van der Waals surface area contributed by atoms with Crippen LogP contribution in [0, 0.1) is 0 Å². The highest BCUT2D eigenvalue weighted by molar-refractivity contribution is 5.81. The van der Waals surface area contributed by atoms with Crippen molar-refractivity contribution in [3.63, 3.8) is 0 Å². The van der Waals surface area contributed by atoms with Crippen LogP contribution < -0.4 is 5.32 Å². The Bertz CT molecular complexity index is 473. The summed E-state index contributed by atoms with van der Waals surface area (Å²) < 4.78 is 0. The van der Waals surface area contributed by atoms with E-state index >= 15 is 0 Å². The van der Waals surface area contributed by atoms with Crippen LogP contribution >= 0.6 is 0 Å². The molecule has 2 nitrogen and oxygen atoms in total. The molecule has 1 aromatic heterocycles. The van der Waals surface area contributed by atoms with Gasteiger partial charge in [0.25, 0.3) is 0 Å². The largest absolute Gasteiger partial charge is 0.309 e. The SMILES string of the molecule is c1ccc2cc(C3CCCN3)ncc2c1. The molecule has 1 aliphatic rings. The lowest BCUT2D eigenvalue weighted by molar-refractivity contribution is 0.629. The molecular formula is C13H14N2. The molecule has 2 heterocycles. The van der Waals surface area contributed by atoms with E-state index in [-0.39, 0.29) is 0 Å². The van der Waals surface area contributed by atoms with E-state index in [0.717, 1.165) is 6.54 Å². The Morgan fingerprint density at radius 2 is 2.07 bits per heavy atom. The first-order valence-corrected chi connectivity index (χ1v) is 5.51. The van der Waals surface area contributed by atoms with Crippen molar-refractivity contribution >= 4 is 10.8 Å². The van der Waals surface area contributed by atoms with Gasteiger partial charge in [0.15, 0.2) is 0 Å². The maximum Gasteiger partial charge on any atom is 0.0579 e. The van der Waals surface area contributed by atoms with Gasteiger partial charge in [-0.3, -0.25) is 4.98 Å². The molecular weight excluding hydrogens is 184 g/mol. The Morgan fingerprint density at radius 1 is 1.20 bits per heavy atom. The number of hydrogen-bond donors (Lipinski definition) is 1. The van der Waals surface area contributed by atoms with E-state index in [1.54, 1.807) is 0 Å². The van der Waals surface area contributed by atoms with Crippen LogP contribution in [0.5, 0.6) is 0 Å². The third kappa shape index (κ3) is 1.61. The van der Waals surface area contributed by atoms with Crippen molar-refractivity contribution in [2.75, 3.05) is 6.54 Å². The van der Waals surface area contributed by atoms with Gasteiger partial charge in [-0.2, -0.15) is 0 Å². The van der Waals surface area contributed by atoms with Gasteiger partial charge in [0.2, 0.25) is 0 Å². The van der Waals surface area contributed by atoms with Gasteiger partial charge in [-0.1, -0.05) is 24.3 Å². The molecule has 15 heavy (non-hydrogen) atoms. The highest BCUT2D eigenvalue weighted by Gasteiger charge is 2.17. The molecule has 0 radical (unpaired) electrons. The zero-order valence-corrected chi connectivity index (χ0v) is 8.61. The Morgan fingerprint density at radius 3 is 2.87 bits per heavy atom. The molecule has 1 aromatic carbocycles. The predicted octanol–water partition coefficient (Wildman–Crippen LogP) is 2.66. The molecule has 0 bridgehead atoms. The summed E-state index contributed by atoms with van der Waals surface area (Å²) in [6, 6.07) is 11.1. The van der Waals surface area contributed by atoms with Gasteiger partial charge in [-0.25, -0.2) is 0 Å². The van der Waals surface area contributed by atoms with E-state index in [0.29, 0.717) is 6.04 Å². The molecule has 3 rings (SSSR count). The quantitative estimate of drug-likeness (QED) is 0.762. The van der Waals surface area contributed by atoms with Gasteiger partial charge in [-0.05, 0) is 30.8 Å². The van der Waals surface area contributed by atoms with Crippen molar-refractivity contribution in [2.24, 2.45) is 0 Å². The van der Waals surface area contributed by atoms with Crippen molar-refractivity contribution < 1.29 is 0 Å². The number of aromatic nitrogens is 1. The van der Waals surface area contributed by atoms with Crippen LogP contribution in [-0.4, -0.2) is 11.5 Å². The second kappa shape index (κ2) is 3.63. The second-order valence-electron chi connectivity index (χ2n) is 4.11. The fourth-order valence-corrected chi connectivity index (χ4v) is 2.23. The molecule has 0 saturated carbocycles. The first-order valence-electron chi connectivity index (χ1n) is 5.51. The summed E-state index contributed by atoms with van der Waals surface area (Å²) in [5, 5.41) is 5.98.